The summed E-state index contributed by atoms with van der Waals surface area (Å²) in [6.07, 6.45) is 0. The standard InChI is InChI=1S/C12H19BrN4OS/c1-14-12-10(13)8(6-18-3)15-11(16-12)9-7-19-5-4-17(9)2/h9H,4-7H2,1-3H3,(H,14,15,16). The van der Waals surface area contributed by atoms with Crippen LogP contribution in [0.15, 0.2) is 4.47 Å². The van der Waals surface area contributed by atoms with Gasteiger partial charge in [-0.15, -0.1) is 0 Å². The van der Waals surface area contributed by atoms with E-state index >= 15 is 0 Å². The lowest BCUT2D eigenvalue weighted by Crippen LogP contribution is -2.34. The molecule has 1 aliphatic heterocycles. The number of aromatic nitrogens is 2. The molecule has 1 fully saturated rings. The van der Waals surface area contributed by atoms with Crippen LogP contribution in [0.3, 0.4) is 0 Å². The largest absolute Gasteiger partial charge is 0.378 e. The highest BCUT2D eigenvalue weighted by Gasteiger charge is 2.25. The maximum atomic E-state index is 5.21. The van der Waals surface area contributed by atoms with Gasteiger partial charge in [0, 0.05) is 32.2 Å². The molecule has 0 amide bonds. The summed E-state index contributed by atoms with van der Waals surface area (Å²) in [6, 6.07) is 0.273. The van der Waals surface area contributed by atoms with E-state index in [0.717, 1.165) is 34.1 Å². The summed E-state index contributed by atoms with van der Waals surface area (Å²) in [6.45, 7) is 1.55. The Morgan fingerprint density at radius 2 is 2.32 bits per heavy atom. The molecule has 1 aliphatic rings. The van der Waals surface area contributed by atoms with E-state index in [2.05, 4.69) is 43.2 Å². The average Bonchev–Trinajstić information content (AvgIpc) is 2.42. The molecule has 5 nitrogen and oxygen atoms in total. The van der Waals surface area contributed by atoms with E-state index in [4.69, 9.17) is 4.74 Å². The second-order valence-electron chi connectivity index (χ2n) is 4.45. The molecule has 1 aromatic rings. The monoisotopic (exact) mass is 346 g/mol. The summed E-state index contributed by atoms with van der Waals surface area (Å²) in [5.41, 5.74) is 0.890. The molecule has 2 rings (SSSR count). The molecule has 1 atom stereocenters. The minimum absolute atomic E-state index is 0.273. The van der Waals surface area contributed by atoms with Gasteiger partial charge in [-0.3, -0.25) is 4.90 Å². The first-order valence-electron chi connectivity index (χ1n) is 6.18. The lowest BCUT2D eigenvalue weighted by Gasteiger charge is -2.31. The van der Waals surface area contributed by atoms with Crippen LogP contribution < -0.4 is 5.32 Å². The Morgan fingerprint density at radius 1 is 1.53 bits per heavy atom. The molecule has 106 valence electrons. The van der Waals surface area contributed by atoms with E-state index in [-0.39, 0.29) is 6.04 Å². The van der Waals surface area contributed by atoms with E-state index < -0.39 is 0 Å². The summed E-state index contributed by atoms with van der Waals surface area (Å²) in [5.74, 6) is 3.90. The first-order valence-corrected chi connectivity index (χ1v) is 8.13. The Balaban J connectivity index is 2.36. The van der Waals surface area contributed by atoms with Crippen LogP contribution in [-0.4, -0.2) is 54.1 Å². The zero-order chi connectivity index (χ0) is 13.8. The van der Waals surface area contributed by atoms with Crippen molar-refractivity contribution >= 4 is 33.5 Å². The number of halogens is 1. The summed E-state index contributed by atoms with van der Waals surface area (Å²) in [4.78, 5) is 11.6. The Kier molecular flexibility index (Phi) is 5.44. The van der Waals surface area contributed by atoms with Gasteiger partial charge < -0.3 is 10.1 Å². The van der Waals surface area contributed by atoms with Crippen molar-refractivity contribution in [2.24, 2.45) is 0 Å². The van der Waals surface area contributed by atoms with Crippen LogP contribution in [0, 0.1) is 0 Å². The van der Waals surface area contributed by atoms with Gasteiger partial charge in [-0.2, -0.15) is 11.8 Å². The van der Waals surface area contributed by atoms with E-state index in [1.54, 1.807) is 7.11 Å². The number of hydrogen-bond acceptors (Lipinski definition) is 6. The van der Waals surface area contributed by atoms with Gasteiger partial charge in [0.25, 0.3) is 0 Å². The number of nitrogens with zero attached hydrogens (tertiary/aromatic N) is 3. The van der Waals surface area contributed by atoms with Crippen molar-refractivity contribution in [1.82, 2.24) is 14.9 Å². The molecule has 2 heterocycles. The molecule has 0 aliphatic carbocycles. The lowest BCUT2D eigenvalue weighted by atomic mass is 10.2. The first-order chi connectivity index (χ1) is 9.17. The highest BCUT2D eigenvalue weighted by Crippen LogP contribution is 2.30. The average molecular weight is 347 g/mol. The van der Waals surface area contributed by atoms with Crippen molar-refractivity contribution in [3.8, 4) is 0 Å². The number of anilines is 1. The Bertz CT molecular complexity index is 446. The van der Waals surface area contributed by atoms with Gasteiger partial charge in [0.2, 0.25) is 0 Å². The van der Waals surface area contributed by atoms with Gasteiger partial charge in [-0.25, -0.2) is 9.97 Å². The maximum absolute atomic E-state index is 5.21. The Labute approximate surface area is 126 Å². The third-order valence-corrected chi connectivity index (χ3v) is 5.01. The molecule has 0 spiro atoms. The lowest BCUT2D eigenvalue weighted by molar-refractivity contribution is 0.179. The molecule has 1 aromatic heterocycles. The van der Waals surface area contributed by atoms with Gasteiger partial charge in [0.15, 0.2) is 0 Å². The molecule has 0 saturated carbocycles. The van der Waals surface area contributed by atoms with Crippen LogP contribution in [0.4, 0.5) is 5.82 Å². The minimum atomic E-state index is 0.273. The van der Waals surface area contributed by atoms with Crippen LogP contribution in [0.5, 0.6) is 0 Å². The number of ether oxygens (including phenoxy) is 1. The topological polar surface area (TPSA) is 50.3 Å². The van der Waals surface area contributed by atoms with Crippen LogP contribution >= 0.6 is 27.7 Å². The van der Waals surface area contributed by atoms with Gasteiger partial charge in [-0.05, 0) is 23.0 Å². The summed E-state index contributed by atoms with van der Waals surface area (Å²) in [5, 5.41) is 3.11. The normalized spacial score (nSPS) is 20.5. The van der Waals surface area contributed by atoms with E-state index in [0.29, 0.717) is 6.61 Å². The van der Waals surface area contributed by atoms with Crippen molar-refractivity contribution in [3.63, 3.8) is 0 Å². The van der Waals surface area contributed by atoms with Crippen molar-refractivity contribution in [3.05, 3.63) is 16.0 Å². The van der Waals surface area contributed by atoms with Gasteiger partial charge in [0.05, 0.1) is 22.8 Å². The SMILES string of the molecule is CNc1nc(C2CSCCN2C)nc(COC)c1Br. The van der Waals surface area contributed by atoms with Gasteiger partial charge >= 0.3 is 0 Å². The first kappa shape index (κ1) is 15.0. The van der Waals surface area contributed by atoms with Gasteiger partial charge in [-0.1, -0.05) is 0 Å². The molecule has 7 heteroatoms. The maximum Gasteiger partial charge on any atom is 0.149 e. The molecule has 1 saturated heterocycles. The van der Waals surface area contributed by atoms with Crippen molar-refractivity contribution in [2.75, 3.05) is 44.6 Å². The van der Waals surface area contributed by atoms with Gasteiger partial charge in [0.1, 0.15) is 11.6 Å². The second-order valence-corrected chi connectivity index (χ2v) is 6.39. The molecular weight excluding hydrogens is 328 g/mol. The quantitative estimate of drug-likeness (QED) is 0.901. The summed E-state index contributed by atoms with van der Waals surface area (Å²) < 4.78 is 6.09. The third-order valence-electron chi connectivity index (χ3n) is 3.15. The summed E-state index contributed by atoms with van der Waals surface area (Å²) >= 11 is 5.48. The highest BCUT2D eigenvalue weighted by atomic mass is 79.9. The second kappa shape index (κ2) is 6.88. The third kappa shape index (κ3) is 3.39. The minimum Gasteiger partial charge on any atom is -0.378 e. The predicted molar refractivity (Wildman–Crippen MR) is 82.7 cm³/mol. The highest BCUT2D eigenvalue weighted by molar-refractivity contribution is 9.10. The zero-order valence-corrected chi connectivity index (χ0v) is 13.8. The summed E-state index contributed by atoms with van der Waals surface area (Å²) in [7, 11) is 5.67. The van der Waals surface area contributed by atoms with Crippen LogP contribution in [0.1, 0.15) is 17.6 Å². The molecule has 0 bridgehead atoms. The Hall–Kier alpha value is -0.370. The molecular formula is C12H19BrN4OS. The molecule has 1 unspecified atom stereocenters. The zero-order valence-electron chi connectivity index (χ0n) is 11.4. The van der Waals surface area contributed by atoms with E-state index in [9.17, 15) is 0 Å². The number of methoxy groups -OCH3 is 1. The molecule has 19 heavy (non-hydrogen) atoms. The number of rotatable bonds is 4. The van der Waals surface area contributed by atoms with E-state index in [1.807, 2.05) is 18.8 Å². The fourth-order valence-electron chi connectivity index (χ4n) is 2.02. The number of nitrogens with one attached hydrogen (secondary N) is 1. The molecule has 1 N–H and O–H groups in total. The van der Waals surface area contributed by atoms with Crippen LogP contribution in [0.25, 0.3) is 0 Å². The van der Waals surface area contributed by atoms with Crippen molar-refractivity contribution < 1.29 is 4.74 Å². The Morgan fingerprint density at radius 3 is 2.95 bits per heavy atom. The predicted octanol–water partition coefficient (Wildman–Crippen LogP) is 2.15. The molecule has 0 aromatic carbocycles. The fourth-order valence-corrected chi connectivity index (χ4v) is 3.72. The smallest absolute Gasteiger partial charge is 0.149 e. The van der Waals surface area contributed by atoms with Crippen LogP contribution in [0.2, 0.25) is 0 Å². The van der Waals surface area contributed by atoms with Crippen molar-refractivity contribution in [2.45, 2.75) is 12.6 Å². The van der Waals surface area contributed by atoms with Crippen molar-refractivity contribution in [1.29, 1.82) is 0 Å². The number of thioether (sulfide) groups is 1. The molecule has 0 radical (unpaired) electrons. The van der Waals surface area contributed by atoms with Crippen LogP contribution in [-0.2, 0) is 11.3 Å². The number of hydrogen-bond donors (Lipinski definition) is 1. The van der Waals surface area contributed by atoms with E-state index in [1.165, 1.54) is 5.75 Å². The fraction of sp³-hybridized carbons (Fsp3) is 0.667.